The van der Waals surface area contributed by atoms with Gasteiger partial charge in [0.15, 0.2) is 0 Å². The number of hydrogen-bond donors (Lipinski definition) is 2. The highest BCUT2D eigenvalue weighted by Gasteiger charge is 2.23. The second kappa shape index (κ2) is 5.96. The molecule has 18 heavy (non-hydrogen) atoms. The van der Waals surface area contributed by atoms with Crippen molar-refractivity contribution in [1.29, 1.82) is 0 Å². The largest absolute Gasteiger partial charge is 0.391 e. The number of amides is 1. The van der Waals surface area contributed by atoms with Gasteiger partial charge in [-0.25, -0.2) is 0 Å². The molecule has 1 heterocycles. The van der Waals surface area contributed by atoms with E-state index in [2.05, 4.69) is 10.3 Å². The van der Waals surface area contributed by atoms with Crippen molar-refractivity contribution in [2.24, 2.45) is 5.92 Å². The second-order valence-electron chi connectivity index (χ2n) is 4.96. The fraction of sp³-hybridized carbons (Fsp3) is 0.571. The molecule has 0 saturated heterocycles. The number of carbonyl (C=O) groups excluding carboxylic acids is 1. The number of aliphatic hydroxyl groups excluding tert-OH is 1. The molecular formula is C14H20N2O2. The normalized spacial score (nSPS) is 17.7. The third kappa shape index (κ3) is 3.07. The van der Waals surface area contributed by atoms with E-state index in [1.165, 1.54) is 12.8 Å². The summed E-state index contributed by atoms with van der Waals surface area (Å²) in [5, 5.41) is 12.8. The smallest absolute Gasteiger partial charge is 0.253 e. The van der Waals surface area contributed by atoms with Crippen LogP contribution in [0.4, 0.5) is 0 Å². The Morgan fingerprint density at radius 3 is 2.94 bits per heavy atom. The second-order valence-corrected chi connectivity index (χ2v) is 4.96. The number of nitrogens with zero attached hydrogens (tertiary/aromatic N) is 1. The summed E-state index contributed by atoms with van der Waals surface area (Å²) < 4.78 is 0. The fourth-order valence-corrected chi connectivity index (χ4v) is 2.53. The summed E-state index contributed by atoms with van der Waals surface area (Å²) in [5.41, 5.74) is 1.29. The average Bonchev–Trinajstić information content (AvgIpc) is 2.90. The molecule has 1 aromatic heterocycles. The van der Waals surface area contributed by atoms with Gasteiger partial charge in [0.1, 0.15) is 0 Å². The molecule has 1 fully saturated rings. The molecule has 1 aliphatic rings. The van der Waals surface area contributed by atoms with Crippen LogP contribution in [0.25, 0.3) is 0 Å². The number of carbonyl (C=O) groups is 1. The maximum Gasteiger partial charge on any atom is 0.253 e. The highest BCUT2D eigenvalue weighted by Crippen LogP contribution is 2.27. The van der Waals surface area contributed by atoms with Crippen LogP contribution in [-0.2, 0) is 0 Å². The maximum absolute atomic E-state index is 11.9. The molecule has 0 radical (unpaired) electrons. The van der Waals surface area contributed by atoms with Gasteiger partial charge in [-0.15, -0.1) is 0 Å². The van der Waals surface area contributed by atoms with Gasteiger partial charge in [-0.1, -0.05) is 12.8 Å². The van der Waals surface area contributed by atoms with E-state index < -0.39 is 6.10 Å². The van der Waals surface area contributed by atoms with Gasteiger partial charge in [0.25, 0.3) is 5.91 Å². The lowest BCUT2D eigenvalue weighted by atomic mass is 10.0. The molecule has 1 aliphatic carbocycles. The van der Waals surface area contributed by atoms with Gasteiger partial charge in [-0.2, -0.15) is 0 Å². The number of rotatable bonds is 4. The van der Waals surface area contributed by atoms with E-state index in [1.54, 1.807) is 18.3 Å². The minimum atomic E-state index is -0.423. The summed E-state index contributed by atoms with van der Waals surface area (Å²) in [5.74, 6) is 0.193. The van der Waals surface area contributed by atoms with Crippen molar-refractivity contribution >= 4 is 5.91 Å². The lowest BCUT2D eigenvalue weighted by Crippen LogP contribution is -2.35. The van der Waals surface area contributed by atoms with Crippen molar-refractivity contribution < 1.29 is 9.90 Å². The summed E-state index contributed by atoms with van der Waals surface area (Å²) in [7, 11) is 0. The SMILES string of the molecule is Cc1ncccc1C(=O)NCC(O)C1CCCC1. The molecule has 4 nitrogen and oxygen atoms in total. The Bertz CT molecular complexity index is 414. The number of aliphatic hydroxyl groups is 1. The maximum atomic E-state index is 11.9. The zero-order valence-electron chi connectivity index (χ0n) is 10.7. The summed E-state index contributed by atoms with van der Waals surface area (Å²) in [6.07, 6.45) is 5.77. The lowest BCUT2D eigenvalue weighted by molar-refractivity contribution is 0.0839. The molecule has 0 spiro atoms. The monoisotopic (exact) mass is 248 g/mol. The first kappa shape index (κ1) is 13.0. The van der Waals surface area contributed by atoms with Gasteiger partial charge in [-0.05, 0) is 37.8 Å². The zero-order valence-corrected chi connectivity index (χ0v) is 10.7. The van der Waals surface area contributed by atoms with Crippen molar-refractivity contribution in [3.63, 3.8) is 0 Å². The molecule has 1 atom stereocenters. The first-order chi connectivity index (χ1) is 8.68. The third-order valence-corrected chi connectivity index (χ3v) is 3.67. The third-order valence-electron chi connectivity index (χ3n) is 3.67. The molecule has 0 aromatic carbocycles. The quantitative estimate of drug-likeness (QED) is 0.852. The van der Waals surface area contributed by atoms with Crippen LogP contribution in [-0.4, -0.2) is 28.6 Å². The molecule has 2 rings (SSSR count). The first-order valence-electron chi connectivity index (χ1n) is 6.56. The van der Waals surface area contributed by atoms with E-state index in [9.17, 15) is 9.90 Å². The van der Waals surface area contributed by atoms with Crippen molar-refractivity contribution in [2.75, 3.05) is 6.54 Å². The zero-order chi connectivity index (χ0) is 13.0. The van der Waals surface area contributed by atoms with Gasteiger partial charge < -0.3 is 10.4 Å². The number of aromatic nitrogens is 1. The molecule has 0 bridgehead atoms. The van der Waals surface area contributed by atoms with Gasteiger partial charge in [0, 0.05) is 18.4 Å². The topological polar surface area (TPSA) is 62.2 Å². The minimum absolute atomic E-state index is 0.155. The van der Waals surface area contributed by atoms with E-state index in [-0.39, 0.29) is 5.91 Å². The molecule has 2 N–H and O–H groups in total. The Labute approximate surface area is 107 Å². The van der Waals surface area contributed by atoms with Crippen LogP contribution in [0.5, 0.6) is 0 Å². The van der Waals surface area contributed by atoms with Crippen LogP contribution in [0, 0.1) is 12.8 Å². The highest BCUT2D eigenvalue weighted by atomic mass is 16.3. The predicted molar refractivity (Wildman–Crippen MR) is 69.3 cm³/mol. The van der Waals surface area contributed by atoms with Crippen LogP contribution < -0.4 is 5.32 Å². The van der Waals surface area contributed by atoms with Crippen molar-refractivity contribution in [2.45, 2.75) is 38.7 Å². The Morgan fingerprint density at radius 2 is 2.28 bits per heavy atom. The molecule has 1 unspecified atom stereocenters. The number of pyridine rings is 1. The van der Waals surface area contributed by atoms with E-state index in [0.29, 0.717) is 23.7 Å². The summed E-state index contributed by atoms with van der Waals surface area (Å²) >= 11 is 0. The molecule has 1 aromatic rings. The molecule has 1 amide bonds. The molecule has 0 aliphatic heterocycles. The van der Waals surface area contributed by atoms with Gasteiger partial charge in [0.05, 0.1) is 11.7 Å². The lowest BCUT2D eigenvalue weighted by Gasteiger charge is -2.18. The number of nitrogens with one attached hydrogen (secondary N) is 1. The van der Waals surface area contributed by atoms with E-state index in [0.717, 1.165) is 12.8 Å². The Balaban J connectivity index is 1.86. The molecule has 98 valence electrons. The highest BCUT2D eigenvalue weighted by molar-refractivity contribution is 5.95. The van der Waals surface area contributed by atoms with Crippen LogP contribution in [0.2, 0.25) is 0 Å². The van der Waals surface area contributed by atoms with Crippen LogP contribution in [0.3, 0.4) is 0 Å². The molecular weight excluding hydrogens is 228 g/mol. The summed E-state index contributed by atoms with van der Waals surface area (Å²) in [6, 6.07) is 3.49. The Morgan fingerprint density at radius 1 is 1.56 bits per heavy atom. The van der Waals surface area contributed by atoms with Crippen molar-refractivity contribution in [3.05, 3.63) is 29.6 Å². The van der Waals surface area contributed by atoms with E-state index in [4.69, 9.17) is 0 Å². The fourth-order valence-electron chi connectivity index (χ4n) is 2.53. The van der Waals surface area contributed by atoms with Gasteiger partial charge >= 0.3 is 0 Å². The minimum Gasteiger partial charge on any atom is -0.391 e. The van der Waals surface area contributed by atoms with Crippen LogP contribution in [0.15, 0.2) is 18.3 Å². The number of hydrogen-bond acceptors (Lipinski definition) is 3. The van der Waals surface area contributed by atoms with E-state index >= 15 is 0 Å². The van der Waals surface area contributed by atoms with Gasteiger partial charge in [-0.3, -0.25) is 9.78 Å². The number of aryl methyl sites for hydroxylation is 1. The van der Waals surface area contributed by atoms with Crippen molar-refractivity contribution in [3.8, 4) is 0 Å². The van der Waals surface area contributed by atoms with Gasteiger partial charge in [0.2, 0.25) is 0 Å². The predicted octanol–water partition coefficient (Wildman–Crippen LogP) is 1.67. The molecule has 4 heteroatoms. The average molecular weight is 248 g/mol. The summed E-state index contributed by atoms with van der Waals surface area (Å²) in [6.45, 7) is 2.14. The van der Waals surface area contributed by atoms with E-state index in [1.807, 2.05) is 6.92 Å². The summed E-state index contributed by atoms with van der Waals surface area (Å²) in [4.78, 5) is 16.0. The van der Waals surface area contributed by atoms with Crippen molar-refractivity contribution in [1.82, 2.24) is 10.3 Å². The first-order valence-corrected chi connectivity index (χ1v) is 6.56. The Hall–Kier alpha value is -1.42. The Kier molecular flexibility index (Phi) is 4.31. The molecule has 1 saturated carbocycles. The van der Waals surface area contributed by atoms with Crippen LogP contribution in [0.1, 0.15) is 41.7 Å². The standard InChI is InChI=1S/C14H20N2O2/c1-10-12(7-4-8-15-10)14(18)16-9-13(17)11-5-2-3-6-11/h4,7-8,11,13,17H,2-3,5-6,9H2,1H3,(H,16,18). The van der Waals surface area contributed by atoms with Crippen LogP contribution >= 0.6 is 0 Å².